The summed E-state index contributed by atoms with van der Waals surface area (Å²) in [5.41, 5.74) is 2.32. The molecule has 0 atom stereocenters. The number of pyridine rings is 1. The third kappa shape index (κ3) is 4.24. The van der Waals surface area contributed by atoms with Gasteiger partial charge in [0.2, 0.25) is 4.77 Å². The van der Waals surface area contributed by atoms with Gasteiger partial charge < -0.3 is 14.5 Å². The number of hydrogen-bond donors (Lipinski definition) is 1. The van der Waals surface area contributed by atoms with Crippen LogP contribution in [0.1, 0.15) is 19.9 Å². The van der Waals surface area contributed by atoms with Crippen LogP contribution in [0, 0.1) is 4.77 Å². The second kappa shape index (κ2) is 8.97. The van der Waals surface area contributed by atoms with Crippen LogP contribution in [0.5, 0.6) is 5.75 Å². The topological polar surface area (TPSA) is 53.8 Å². The van der Waals surface area contributed by atoms with E-state index in [1.165, 1.54) is 10.6 Å². The smallest absolute Gasteiger partial charge is 0.203 e. The van der Waals surface area contributed by atoms with Crippen molar-refractivity contribution in [2.75, 3.05) is 38.2 Å². The van der Waals surface area contributed by atoms with Crippen molar-refractivity contribution >= 4 is 17.9 Å². The number of ether oxygens (including phenoxy) is 1. The van der Waals surface area contributed by atoms with Gasteiger partial charge in [0.05, 0.1) is 33.3 Å². The van der Waals surface area contributed by atoms with Gasteiger partial charge in [-0.3, -0.25) is 4.57 Å². The number of aromatic nitrogens is 4. The lowest BCUT2D eigenvalue weighted by Crippen LogP contribution is -3.14. The fraction of sp³-hybridized carbons (Fsp3) is 0.409. The third-order valence-electron chi connectivity index (χ3n) is 5.64. The maximum atomic E-state index is 5.82. The highest BCUT2D eigenvalue weighted by atomic mass is 32.1. The molecule has 30 heavy (non-hydrogen) atoms. The van der Waals surface area contributed by atoms with Crippen molar-refractivity contribution in [2.24, 2.45) is 0 Å². The average Bonchev–Trinajstić information content (AvgIpc) is 3.11. The molecule has 2 N–H and O–H groups in total. The summed E-state index contributed by atoms with van der Waals surface area (Å²) < 4.78 is 10.2. The molecule has 3 aromatic rings. The number of aromatic amines is 1. The minimum Gasteiger partial charge on any atom is -0.497 e. The number of anilines is 1. The van der Waals surface area contributed by atoms with Crippen LogP contribution in [-0.4, -0.2) is 47.6 Å². The predicted molar refractivity (Wildman–Crippen MR) is 119 cm³/mol. The van der Waals surface area contributed by atoms with E-state index < -0.39 is 0 Å². The lowest BCUT2D eigenvalue weighted by molar-refractivity contribution is -0.924. The van der Waals surface area contributed by atoms with Crippen LogP contribution in [0.25, 0.3) is 11.4 Å². The number of rotatable bonds is 6. The van der Waals surface area contributed by atoms with Crippen molar-refractivity contribution in [2.45, 2.75) is 26.6 Å². The molecule has 0 saturated carbocycles. The highest BCUT2D eigenvalue weighted by molar-refractivity contribution is 7.71. The van der Waals surface area contributed by atoms with Crippen LogP contribution in [0.4, 0.5) is 5.69 Å². The Morgan fingerprint density at radius 1 is 1.10 bits per heavy atom. The molecule has 8 heteroatoms. The summed E-state index contributed by atoms with van der Waals surface area (Å²) in [6.07, 6.45) is 3.96. The van der Waals surface area contributed by atoms with Gasteiger partial charge in [0.1, 0.15) is 5.75 Å². The molecule has 0 radical (unpaired) electrons. The summed E-state index contributed by atoms with van der Waals surface area (Å²) >= 11 is 5.82. The molecule has 0 bridgehead atoms. The van der Waals surface area contributed by atoms with Crippen molar-refractivity contribution < 1.29 is 14.6 Å². The Kier molecular flexibility index (Phi) is 6.15. The van der Waals surface area contributed by atoms with Gasteiger partial charge in [-0.2, -0.15) is 4.68 Å². The highest BCUT2D eigenvalue weighted by Gasteiger charge is 2.23. The van der Waals surface area contributed by atoms with Crippen LogP contribution >= 0.6 is 12.2 Å². The Hall–Kier alpha value is -2.71. The lowest BCUT2D eigenvalue weighted by Gasteiger charge is -2.33. The van der Waals surface area contributed by atoms with E-state index in [1.807, 2.05) is 41.3 Å². The number of nitrogens with zero attached hydrogens (tertiary/aromatic N) is 4. The molecular formula is C22H30N6OS+2. The first-order valence-electron chi connectivity index (χ1n) is 10.4. The van der Waals surface area contributed by atoms with Gasteiger partial charge >= 0.3 is 0 Å². The number of H-pyrrole nitrogens is 1. The van der Waals surface area contributed by atoms with E-state index in [1.54, 1.807) is 7.11 Å². The van der Waals surface area contributed by atoms with E-state index in [0.29, 0.717) is 0 Å². The van der Waals surface area contributed by atoms with Gasteiger partial charge in [0.15, 0.2) is 24.9 Å². The SMILES string of the molecule is COc1ccc(-c2nn(C[NH+]3CCN(c4cc[nH+]cc4)CC3)c(=S)n2C(C)C)cc1. The monoisotopic (exact) mass is 426 g/mol. The summed E-state index contributed by atoms with van der Waals surface area (Å²) in [6.45, 7) is 9.28. The third-order valence-corrected chi connectivity index (χ3v) is 6.05. The summed E-state index contributed by atoms with van der Waals surface area (Å²) in [5, 5.41) is 4.92. The van der Waals surface area contributed by atoms with Crippen LogP contribution in [0.2, 0.25) is 0 Å². The Morgan fingerprint density at radius 2 is 1.77 bits per heavy atom. The van der Waals surface area contributed by atoms with E-state index in [9.17, 15) is 0 Å². The van der Waals surface area contributed by atoms with Crippen LogP contribution < -0.4 is 19.5 Å². The fourth-order valence-corrected chi connectivity index (χ4v) is 4.37. The van der Waals surface area contributed by atoms with Crippen LogP contribution in [0.3, 0.4) is 0 Å². The highest BCUT2D eigenvalue weighted by Crippen LogP contribution is 2.24. The Morgan fingerprint density at radius 3 is 2.37 bits per heavy atom. The summed E-state index contributed by atoms with van der Waals surface area (Å²) in [6, 6.07) is 12.5. The molecule has 1 aromatic carbocycles. The van der Waals surface area contributed by atoms with E-state index in [2.05, 4.69) is 40.4 Å². The predicted octanol–water partition coefficient (Wildman–Crippen LogP) is 1.85. The van der Waals surface area contributed by atoms with Gasteiger partial charge in [-0.15, -0.1) is 5.10 Å². The number of piperazine rings is 1. The average molecular weight is 427 g/mol. The van der Waals surface area contributed by atoms with Crippen LogP contribution in [0.15, 0.2) is 48.8 Å². The number of methoxy groups -OCH3 is 1. The first-order chi connectivity index (χ1) is 14.6. The van der Waals surface area contributed by atoms with Crippen LogP contribution in [-0.2, 0) is 6.67 Å². The second-order valence-corrected chi connectivity index (χ2v) is 8.32. The number of benzene rings is 1. The van der Waals surface area contributed by atoms with Gasteiger partial charge in [-0.05, 0) is 50.3 Å². The van der Waals surface area contributed by atoms with Crippen molar-refractivity contribution in [3.05, 3.63) is 53.6 Å². The minimum atomic E-state index is 0.241. The molecule has 158 valence electrons. The van der Waals surface area contributed by atoms with E-state index in [0.717, 1.165) is 54.8 Å². The Bertz CT molecular complexity index is 1020. The first kappa shape index (κ1) is 20.6. The molecule has 3 heterocycles. The molecule has 0 spiro atoms. The molecule has 1 fully saturated rings. The number of nitrogens with one attached hydrogen (secondary N) is 2. The zero-order valence-electron chi connectivity index (χ0n) is 17.8. The van der Waals surface area contributed by atoms with Crippen molar-refractivity contribution in [1.29, 1.82) is 0 Å². The Labute approximate surface area is 182 Å². The molecule has 0 aliphatic carbocycles. The summed E-state index contributed by atoms with van der Waals surface area (Å²) in [7, 11) is 1.68. The largest absolute Gasteiger partial charge is 0.497 e. The molecule has 1 saturated heterocycles. The molecule has 4 rings (SSSR count). The molecule has 0 unspecified atom stereocenters. The Balaban J connectivity index is 1.51. The molecule has 2 aromatic heterocycles. The molecule has 7 nitrogen and oxygen atoms in total. The van der Waals surface area contributed by atoms with Gasteiger partial charge in [0, 0.05) is 29.4 Å². The summed E-state index contributed by atoms with van der Waals surface area (Å²) in [4.78, 5) is 7.03. The maximum Gasteiger partial charge on any atom is 0.203 e. The second-order valence-electron chi connectivity index (χ2n) is 7.95. The van der Waals surface area contributed by atoms with E-state index >= 15 is 0 Å². The number of hydrogen-bond acceptors (Lipinski definition) is 4. The van der Waals surface area contributed by atoms with Gasteiger partial charge in [-0.1, -0.05) is 0 Å². The van der Waals surface area contributed by atoms with Gasteiger partial charge in [0.25, 0.3) is 0 Å². The fourth-order valence-electron chi connectivity index (χ4n) is 3.97. The molecular weight excluding hydrogens is 396 g/mol. The van der Waals surface area contributed by atoms with E-state index in [-0.39, 0.29) is 6.04 Å². The number of quaternary nitrogens is 1. The first-order valence-corrected chi connectivity index (χ1v) is 10.9. The maximum absolute atomic E-state index is 5.82. The zero-order chi connectivity index (χ0) is 21.1. The van der Waals surface area contributed by atoms with Crippen molar-refractivity contribution in [3.8, 4) is 17.1 Å². The minimum absolute atomic E-state index is 0.241. The normalized spacial score (nSPS) is 15.0. The standard InChI is InChI=1S/C22H28N6OS/c1-17(2)28-21(18-4-6-20(29-3)7-5-18)24-27(22(28)30)16-25-12-14-26(15-13-25)19-8-10-23-11-9-19/h4-11,17H,12-16H2,1-3H3/p+2. The molecule has 1 aliphatic heterocycles. The van der Waals surface area contributed by atoms with Crippen molar-refractivity contribution in [1.82, 2.24) is 14.3 Å². The van der Waals surface area contributed by atoms with E-state index in [4.69, 9.17) is 22.1 Å². The van der Waals surface area contributed by atoms with Crippen molar-refractivity contribution in [3.63, 3.8) is 0 Å². The molecule has 1 aliphatic rings. The zero-order valence-corrected chi connectivity index (χ0v) is 18.7. The summed E-state index contributed by atoms with van der Waals surface area (Å²) in [5.74, 6) is 1.75. The quantitative estimate of drug-likeness (QED) is 0.612. The molecule has 0 amide bonds. The lowest BCUT2D eigenvalue weighted by atomic mass is 10.2. The van der Waals surface area contributed by atoms with Gasteiger partial charge in [-0.25, -0.2) is 4.98 Å².